The fourth-order valence-electron chi connectivity index (χ4n) is 2.53. The molecule has 0 aliphatic carbocycles. The molecule has 2 aromatic carbocycles. The van der Waals surface area contributed by atoms with Crippen LogP contribution < -0.4 is 4.74 Å². The Kier molecular flexibility index (Phi) is 5.96. The monoisotopic (exact) mass is 355 g/mol. The first-order chi connectivity index (χ1) is 12.6. The van der Waals surface area contributed by atoms with Crippen molar-refractivity contribution in [3.8, 4) is 17.1 Å². The number of ether oxygens (including phenoxy) is 1. The van der Waals surface area contributed by atoms with Crippen molar-refractivity contribution in [1.29, 1.82) is 0 Å². The summed E-state index contributed by atoms with van der Waals surface area (Å²) in [6.07, 6.45) is 2.17. The zero-order valence-electron chi connectivity index (χ0n) is 15.0. The molecule has 0 aliphatic heterocycles. The Hall–Kier alpha value is -2.73. The second kappa shape index (κ2) is 8.58. The molecule has 0 fully saturated rings. The van der Waals surface area contributed by atoms with E-state index in [1.807, 2.05) is 12.1 Å². The molecule has 26 heavy (non-hydrogen) atoms. The maximum Gasteiger partial charge on any atom is 0.264 e. The van der Waals surface area contributed by atoms with Crippen LogP contribution in [-0.2, 0) is 13.0 Å². The van der Waals surface area contributed by atoms with Crippen LogP contribution in [0.4, 0.5) is 4.39 Å². The number of nitrogens with zero attached hydrogens (tertiary/aromatic N) is 3. The van der Waals surface area contributed by atoms with E-state index in [0.29, 0.717) is 17.5 Å². The molecular formula is C20H22FN3O2. The van der Waals surface area contributed by atoms with Gasteiger partial charge in [0.15, 0.2) is 6.61 Å². The molecule has 1 aromatic heterocycles. The molecule has 6 heteroatoms. The van der Waals surface area contributed by atoms with Crippen molar-refractivity contribution >= 4 is 0 Å². The fourth-order valence-corrected chi connectivity index (χ4v) is 2.53. The molecule has 0 bridgehead atoms. The number of halogens is 1. The maximum absolute atomic E-state index is 12.9. The van der Waals surface area contributed by atoms with Crippen LogP contribution >= 0.6 is 0 Å². The van der Waals surface area contributed by atoms with Crippen molar-refractivity contribution in [3.63, 3.8) is 0 Å². The fraction of sp³-hybridized carbons (Fsp3) is 0.300. The van der Waals surface area contributed by atoms with E-state index in [0.717, 1.165) is 24.9 Å². The minimum atomic E-state index is -0.303. The van der Waals surface area contributed by atoms with E-state index >= 15 is 0 Å². The summed E-state index contributed by atoms with van der Waals surface area (Å²) in [5, 5.41) is 4.00. The van der Waals surface area contributed by atoms with E-state index in [1.54, 1.807) is 12.1 Å². The Labute approximate surface area is 152 Å². The average molecular weight is 355 g/mol. The van der Waals surface area contributed by atoms with Crippen molar-refractivity contribution in [1.82, 2.24) is 15.0 Å². The van der Waals surface area contributed by atoms with E-state index in [9.17, 15) is 4.39 Å². The molecule has 1 heterocycles. The third-order valence-corrected chi connectivity index (χ3v) is 3.93. The summed E-state index contributed by atoms with van der Waals surface area (Å²) in [6, 6.07) is 14.0. The van der Waals surface area contributed by atoms with Gasteiger partial charge in [-0.25, -0.2) is 4.39 Å². The van der Waals surface area contributed by atoms with Gasteiger partial charge in [0.1, 0.15) is 11.6 Å². The molecular weight excluding hydrogens is 333 g/mol. The molecule has 0 amide bonds. The van der Waals surface area contributed by atoms with Crippen LogP contribution in [0.2, 0.25) is 0 Å². The highest BCUT2D eigenvalue weighted by atomic mass is 19.1. The summed E-state index contributed by atoms with van der Waals surface area (Å²) >= 11 is 0. The van der Waals surface area contributed by atoms with Crippen molar-refractivity contribution < 1.29 is 13.7 Å². The lowest BCUT2D eigenvalue weighted by atomic mass is 10.1. The highest BCUT2D eigenvalue weighted by Gasteiger charge is 2.09. The number of hydrogen-bond donors (Lipinski definition) is 0. The zero-order chi connectivity index (χ0) is 18.4. The zero-order valence-corrected chi connectivity index (χ0v) is 15.0. The SMILES string of the molecule is CN(C)CCCc1ccc(-c2noc(COc3ccc(F)cc3)n2)cc1. The number of aromatic nitrogens is 2. The first kappa shape index (κ1) is 18.1. The summed E-state index contributed by atoms with van der Waals surface area (Å²) in [4.78, 5) is 6.53. The Morgan fingerprint density at radius 2 is 1.77 bits per heavy atom. The predicted molar refractivity (Wildman–Crippen MR) is 97.3 cm³/mol. The molecule has 0 atom stereocenters. The molecule has 0 N–H and O–H groups in total. The van der Waals surface area contributed by atoms with Gasteiger partial charge in [0.25, 0.3) is 5.89 Å². The van der Waals surface area contributed by atoms with Crippen LogP contribution in [0.15, 0.2) is 53.1 Å². The molecule has 3 rings (SSSR count). The number of benzene rings is 2. The molecule has 5 nitrogen and oxygen atoms in total. The predicted octanol–water partition coefficient (Wildman–Crippen LogP) is 3.95. The third kappa shape index (κ3) is 5.13. The van der Waals surface area contributed by atoms with Gasteiger partial charge in [-0.1, -0.05) is 29.4 Å². The minimum absolute atomic E-state index is 0.140. The van der Waals surface area contributed by atoms with Crippen LogP contribution in [0.5, 0.6) is 5.75 Å². The lowest BCUT2D eigenvalue weighted by Gasteiger charge is -2.08. The molecule has 0 saturated carbocycles. The average Bonchev–Trinajstić information content (AvgIpc) is 3.11. The molecule has 0 saturated heterocycles. The minimum Gasteiger partial charge on any atom is -0.484 e. The number of aryl methyl sites for hydroxylation is 1. The standard InChI is InChI=1S/C20H22FN3O2/c1-24(2)13-3-4-15-5-7-16(8-6-15)20-22-19(26-23-20)14-25-18-11-9-17(21)10-12-18/h5-12H,3-4,13-14H2,1-2H3. The van der Waals surface area contributed by atoms with Crippen molar-refractivity contribution in [2.75, 3.05) is 20.6 Å². The molecule has 0 aliphatic rings. The second-order valence-corrected chi connectivity index (χ2v) is 6.36. The van der Waals surface area contributed by atoms with E-state index in [2.05, 4.69) is 41.3 Å². The van der Waals surface area contributed by atoms with Crippen LogP contribution in [0.25, 0.3) is 11.4 Å². The van der Waals surface area contributed by atoms with Crippen LogP contribution in [0, 0.1) is 5.82 Å². The van der Waals surface area contributed by atoms with Gasteiger partial charge in [0.2, 0.25) is 5.82 Å². The molecule has 136 valence electrons. The smallest absolute Gasteiger partial charge is 0.264 e. The Morgan fingerprint density at radius 3 is 2.46 bits per heavy atom. The van der Waals surface area contributed by atoms with E-state index in [4.69, 9.17) is 9.26 Å². The topological polar surface area (TPSA) is 51.4 Å². The second-order valence-electron chi connectivity index (χ2n) is 6.36. The number of hydrogen-bond acceptors (Lipinski definition) is 5. The normalized spacial score (nSPS) is 11.1. The largest absolute Gasteiger partial charge is 0.484 e. The Balaban J connectivity index is 1.56. The molecule has 3 aromatic rings. The van der Waals surface area contributed by atoms with Gasteiger partial charge in [0, 0.05) is 5.56 Å². The lowest BCUT2D eigenvalue weighted by molar-refractivity contribution is 0.242. The first-order valence-corrected chi connectivity index (χ1v) is 8.55. The van der Waals surface area contributed by atoms with Crippen LogP contribution in [0.3, 0.4) is 0 Å². The van der Waals surface area contributed by atoms with Gasteiger partial charge in [-0.2, -0.15) is 4.98 Å². The highest BCUT2D eigenvalue weighted by Crippen LogP contribution is 2.18. The molecule has 0 radical (unpaired) electrons. The summed E-state index contributed by atoms with van der Waals surface area (Å²) < 4.78 is 23.6. The van der Waals surface area contributed by atoms with E-state index in [1.165, 1.54) is 17.7 Å². The van der Waals surface area contributed by atoms with Crippen LogP contribution in [0.1, 0.15) is 17.9 Å². The van der Waals surface area contributed by atoms with Gasteiger partial charge in [-0.15, -0.1) is 0 Å². The van der Waals surface area contributed by atoms with E-state index in [-0.39, 0.29) is 12.4 Å². The quantitative estimate of drug-likeness (QED) is 0.612. The third-order valence-electron chi connectivity index (χ3n) is 3.93. The van der Waals surface area contributed by atoms with E-state index < -0.39 is 0 Å². The molecule has 0 spiro atoms. The van der Waals surface area contributed by atoms with Gasteiger partial charge < -0.3 is 14.2 Å². The van der Waals surface area contributed by atoms with Gasteiger partial charge in [-0.05, 0) is 63.3 Å². The van der Waals surface area contributed by atoms with Gasteiger partial charge >= 0.3 is 0 Å². The van der Waals surface area contributed by atoms with Gasteiger partial charge in [0.05, 0.1) is 0 Å². The summed E-state index contributed by atoms with van der Waals surface area (Å²) in [5.74, 6) is 1.15. The first-order valence-electron chi connectivity index (χ1n) is 8.55. The lowest BCUT2D eigenvalue weighted by Crippen LogP contribution is -2.13. The summed E-state index contributed by atoms with van der Waals surface area (Å²) in [5.41, 5.74) is 2.19. The van der Waals surface area contributed by atoms with Crippen molar-refractivity contribution in [3.05, 3.63) is 65.8 Å². The Morgan fingerprint density at radius 1 is 1.04 bits per heavy atom. The van der Waals surface area contributed by atoms with Crippen molar-refractivity contribution in [2.24, 2.45) is 0 Å². The van der Waals surface area contributed by atoms with Gasteiger partial charge in [-0.3, -0.25) is 0 Å². The summed E-state index contributed by atoms with van der Waals surface area (Å²) in [7, 11) is 4.16. The maximum atomic E-state index is 12.9. The van der Waals surface area contributed by atoms with Crippen LogP contribution in [-0.4, -0.2) is 35.7 Å². The summed E-state index contributed by atoms with van der Waals surface area (Å²) in [6.45, 7) is 1.21. The highest BCUT2D eigenvalue weighted by molar-refractivity contribution is 5.54. The van der Waals surface area contributed by atoms with Crippen molar-refractivity contribution in [2.45, 2.75) is 19.4 Å². The number of rotatable bonds is 8. The Bertz CT molecular complexity index is 814. The molecule has 0 unspecified atom stereocenters.